The van der Waals surface area contributed by atoms with Crippen LogP contribution < -0.4 is 5.32 Å². The van der Waals surface area contributed by atoms with Crippen molar-refractivity contribution in [3.8, 4) is 0 Å². The number of unbranched alkanes of at least 4 members (excludes halogenated alkanes) is 66. The summed E-state index contributed by atoms with van der Waals surface area (Å²) in [6.45, 7) is 5.00. The first-order valence-electron chi connectivity index (χ1n) is 41.4. The van der Waals surface area contributed by atoms with E-state index < -0.39 is 12.1 Å². The summed E-state index contributed by atoms with van der Waals surface area (Å²) >= 11 is 0. The van der Waals surface area contributed by atoms with E-state index in [1.807, 2.05) is 0 Å². The predicted molar refractivity (Wildman–Crippen MR) is 394 cm³/mol. The molecule has 0 saturated carbocycles. The molecule has 0 rings (SSSR count). The maximum absolute atomic E-state index is 12.6. The van der Waals surface area contributed by atoms with Gasteiger partial charge in [-0.3, -0.25) is 9.59 Å². The Morgan fingerprint density at radius 1 is 0.303 bits per heavy atom. The van der Waals surface area contributed by atoms with Gasteiger partial charge in [0.2, 0.25) is 5.91 Å². The first-order chi connectivity index (χ1) is 44.0. The summed E-state index contributed by atoms with van der Waals surface area (Å²) in [5.41, 5.74) is 0. The minimum absolute atomic E-state index is 0.0166. The summed E-state index contributed by atoms with van der Waals surface area (Å²) in [5.74, 6) is -0.00689. The Labute approximate surface area is 559 Å². The third-order valence-corrected chi connectivity index (χ3v) is 19.8. The fourth-order valence-electron chi connectivity index (χ4n) is 13.5. The molecule has 0 bridgehead atoms. The van der Waals surface area contributed by atoms with Gasteiger partial charge in [-0.05, 0) is 51.4 Å². The smallest absolute Gasteiger partial charge is 0.305 e. The minimum atomic E-state index is -0.660. The Balaban J connectivity index is 3.30. The Morgan fingerprint density at radius 3 is 0.798 bits per heavy atom. The summed E-state index contributed by atoms with van der Waals surface area (Å²) < 4.78 is 5.50. The lowest BCUT2D eigenvalue weighted by atomic mass is 10.0. The Bertz CT molecular complexity index is 1350. The van der Waals surface area contributed by atoms with Crippen molar-refractivity contribution in [1.29, 1.82) is 0 Å². The van der Waals surface area contributed by atoms with Gasteiger partial charge in [0.1, 0.15) is 0 Å². The molecule has 0 saturated heterocycles. The van der Waals surface area contributed by atoms with Gasteiger partial charge < -0.3 is 20.3 Å². The van der Waals surface area contributed by atoms with Crippen molar-refractivity contribution in [3.63, 3.8) is 0 Å². The fourth-order valence-corrected chi connectivity index (χ4v) is 13.5. The molecule has 6 heteroatoms. The number of aliphatic hydroxyl groups excluding tert-OH is 2. The molecule has 0 aromatic heterocycles. The summed E-state index contributed by atoms with van der Waals surface area (Å²) in [7, 11) is 0. The van der Waals surface area contributed by atoms with Crippen molar-refractivity contribution < 1.29 is 24.5 Å². The van der Waals surface area contributed by atoms with Crippen LogP contribution in [0.1, 0.15) is 483 Å². The molecular weight excluding hydrogens is 1090 g/mol. The van der Waals surface area contributed by atoms with Gasteiger partial charge >= 0.3 is 5.97 Å². The normalized spacial score (nSPS) is 12.4. The third kappa shape index (κ3) is 75.5. The van der Waals surface area contributed by atoms with Gasteiger partial charge in [-0.2, -0.15) is 0 Å². The fraction of sp³-hybridized carbons (Fsp3) is 0.952. The molecule has 3 N–H and O–H groups in total. The summed E-state index contributed by atoms with van der Waals surface area (Å²) in [5, 5.41) is 23.5. The average Bonchev–Trinajstić information content (AvgIpc) is 3.63. The molecule has 6 nitrogen and oxygen atoms in total. The second-order valence-corrected chi connectivity index (χ2v) is 28.8. The van der Waals surface area contributed by atoms with E-state index in [2.05, 4.69) is 31.3 Å². The van der Waals surface area contributed by atoms with Crippen LogP contribution in [-0.2, 0) is 14.3 Å². The average molecular weight is 1260 g/mol. The molecule has 0 spiro atoms. The largest absolute Gasteiger partial charge is 0.466 e. The second-order valence-electron chi connectivity index (χ2n) is 28.8. The molecule has 89 heavy (non-hydrogen) atoms. The molecule has 0 aromatic carbocycles. The highest BCUT2D eigenvalue weighted by Crippen LogP contribution is 2.21. The summed E-state index contributed by atoms with van der Waals surface area (Å²) in [4.78, 5) is 24.7. The lowest BCUT2D eigenvalue weighted by molar-refractivity contribution is -0.143. The zero-order valence-corrected chi connectivity index (χ0v) is 61.0. The van der Waals surface area contributed by atoms with Crippen LogP contribution in [0, 0.1) is 0 Å². The van der Waals surface area contributed by atoms with Crippen molar-refractivity contribution in [2.24, 2.45) is 0 Å². The van der Waals surface area contributed by atoms with Gasteiger partial charge in [0.15, 0.2) is 0 Å². The first kappa shape index (κ1) is 87.6. The van der Waals surface area contributed by atoms with Crippen LogP contribution in [0.25, 0.3) is 0 Å². The molecule has 0 heterocycles. The highest BCUT2D eigenvalue weighted by Gasteiger charge is 2.20. The van der Waals surface area contributed by atoms with Crippen LogP contribution in [-0.4, -0.2) is 47.4 Å². The van der Waals surface area contributed by atoms with Crippen molar-refractivity contribution in [2.45, 2.75) is 495 Å². The molecule has 0 fully saturated rings. The maximum Gasteiger partial charge on any atom is 0.305 e. The van der Waals surface area contributed by atoms with Crippen molar-refractivity contribution in [1.82, 2.24) is 5.32 Å². The number of carbonyl (C=O) groups excluding carboxylic acids is 2. The monoisotopic (exact) mass is 1250 g/mol. The quantitative estimate of drug-likeness (QED) is 0.0320. The molecular formula is C83H163NO5. The highest BCUT2D eigenvalue weighted by atomic mass is 16.5. The van der Waals surface area contributed by atoms with Crippen LogP contribution >= 0.6 is 0 Å². The molecule has 530 valence electrons. The first-order valence-corrected chi connectivity index (χ1v) is 41.4. The van der Waals surface area contributed by atoms with Gasteiger partial charge in [0.25, 0.3) is 0 Å². The Morgan fingerprint density at radius 2 is 0.528 bits per heavy atom. The minimum Gasteiger partial charge on any atom is -0.466 e. The van der Waals surface area contributed by atoms with Crippen LogP contribution in [0.3, 0.4) is 0 Å². The number of hydrogen-bond acceptors (Lipinski definition) is 5. The van der Waals surface area contributed by atoms with Gasteiger partial charge in [-0.15, -0.1) is 0 Å². The van der Waals surface area contributed by atoms with E-state index in [9.17, 15) is 19.8 Å². The number of nitrogens with one attached hydrogen (secondary N) is 1. The molecule has 0 aliphatic carbocycles. The molecule has 1 amide bonds. The van der Waals surface area contributed by atoms with Crippen LogP contribution in [0.5, 0.6) is 0 Å². The third-order valence-electron chi connectivity index (χ3n) is 19.8. The van der Waals surface area contributed by atoms with Crippen LogP contribution in [0.4, 0.5) is 0 Å². The standard InChI is InChI=1S/C83H163NO5/c1-3-5-7-9-11-13-15-17-19-20-21-41-44-48-51-55-59-63-67-71-75-81(86)80(79-85)84-82(87)76-72-68-64-60-56-52-49-45-42-39-37-35-33-31-29-27-25-23-22-24-26-28-30-32-34-36-38-40-43-46-50-54-58-62-66-70-74-78-89-83(88)77-73-69-65-61-57-53-47-18-16-14-12-10-8-6-4-2/h18,47,80-81,85-86H,3-17,19-46,48-79H2,1-2H3,(H,84,87)/b47-18-. The van der Waals surface area contributed by atoms with Crippen molar-refractivity contribution in [3.05, 3.63) is 12.2 Å². The van der Waals surface area contributed by atoms with E-state index in [0.29, 0.717) is 25.9 Å². The number of amides is 1. The van der Waals surface area contributed by atoms with Gasteiger partial charge in [-0.25, -0.2) is 0 Å². The van der Waals surface area contributed by atoms with Gasteiger partial charge in [-0.1, -0.05) is 431 Å². The summed E-state index contributed by atoms with van der Waals surface area (Å²) in [6, 6.07) is -0.537. The number of allylic oxidation sites excluding steroid dienone is 2. The lowest BCUT2D eigenvalue weighted by Crippen LogP contribution is -2.45. The number of aliphatic hydroxyl groups is 2. The van der Waals surface area contributed by atoms with E-state index in [-0.39, 0.29) is 18.5 Å². The maximum atomic E-state index is 12.6. The molecule has 2 atom stereocenters. The van der Waals surface area contributed by atoms with Crippen LogP contribution in [0.2, 0.25) is 0 Å². The number of hydrogen-bond donors (Lipinski definition) is 3. The molecule has 0 aromatic rings. The summed E-state index contributed by atoms with van der Waals surface area (Å²) in [6.07, 6.45) is 100. The SMILES string of the molecule is CCCCCCCC/C=C\CCCCCCCC(=O)OCCCCCCCCCCCCCCCCCCCCCCCCCCCCCCCCCCCCCCCC(=O)NC(CO)C(O)CCCCCCCCCCCCCCCCCCCCCC. The Hall–Kier alpha value is -1.40. The topological polar surface area (TPSA) is 95.9 Å². The number of rotatable bonds is 79. The molecule has 2 unspecified atom stereocenters. The molecule has 0 radical (unpaired) electrons. The number of esters is 1. The molecule has 0 aliphatic heterocycles. The van der Waals surface area contributed by atoms with Crippen molar-refractivity contribution in [2.75, 3.05) is 13.2 Å². The zero-order chi connectivity index (χ0) is 64.2. The van der Waals surface area contributed by atoms with E-state index in [4.69, 9.17) is 4.74 Å². The lowest BCUT2D eigenvalue weighted by Gasteiger charge is -2.22. The van der Waals surface area contributed by atoms with E-state index >= 15 is 0 Å². The van der Waals surface area contributed by atoms with E-state index in [1.54, 1.807) is 0 Å². The molecule has 0 aliphatic rings. The van der Waals surface area contributed by atoms with E-state index in [1.165, 1.54) is 405 Å². The van der Waals surface area contributed by atoms with E-state index in [0.717, 1.165) is 44.9 Å². The van der Waals surface area contributed by atoms with Crippen LogP contribution in [0.15, 0.2) is 12.2 Å². The number of carbonyl (C=O) groups is 2. The van der Waals surface area contributed by atoms with Gasteiger partial charge in [0, 0.05) is 12.8 Å². The number of ether oxygens (including phenoxy) is 1. The zero-order valence-electron chi connectivity index (χ0n) is 61.0. The highest BCUT2D eigenvalue weighted by molar-refractivity contribution is 5.76. The Kier molecular flexibility index (Phi) is 77.8. The second kappa shape index (κ2) is 79.0. The predicted octanol–water partition coefficient (Wildman–Crippen LogP) is 27.4. The van der Waals surface area contributed by atoms with Gasteiger partial charge in [0.05, 0.1) is 25.4 Å². The van der Waals surface area contributed by atoms with Crippen molar-refractivity contribution >= 4 is 11.9 Å².